The van der Waals surface area contributed by atoms with E-state index in [1.165, 1.54) is 15.7 Å². The highest BCUT2D eigenvalue weighted by molar-refractivity contribution is 7.98. The van der Waals surface area contributed by atoms with Gasteiger partial charge in [-0.05, 0) is 36.8 Å². The Balaban J connectivity index is 1.68. The van der Waals surface area contributed by atoms with Crippen molar-refractivity contribution >= 4 is 17.7 Å². The second kappa shape index (κ2) is 8.58. The van der Waals surface area contributed by atoms with Gasteiger partial charge in [-0.3, -0.25) is 9.59 Å². The van der Waals surface area contributed by atoms with Gasteiger partial charge < -0.3 is 9.88 Å². The molecule has 1 aromatic carbocycles. The molecule has 0 bridgehead atoms. The standard InChI is InChI=1S/C18H22N2O2S/c1-14-6-3-7-15(12-14)13-23-11-5-9-19-17(21)16-8-4-10-20(2)18(16)22/h3-4,6-8,10,12H,5,9,11,13H2,1-2H3,(H,19,21). The monoisotopic (exact) mass is 330 g/mol. The highest BCUT2D eigenvalue weighted by Crippen LogP contribution is 2.14. The van der Waals surface area contributed by atoms with E-state index in [4.69, 9.17) is 0 Å². The fourth-order valence-corrected chi connectivity index (χ4v) is 3.14. The normalized spacial score (nSPS) is 10.5. The fraction of sp³-hybridized carbons (Fsp3) is 0.333. The zero-order valence-corrected chi connectivity index (χ0v) is 14.4. The molecule has 23 heavy (non-hydrogen) atoms. The number of rotatable bonds is 7. The number of aromatic nitrogens is 1. The van der Waals surface area contributed by atoms with Gasteiger partial charge in [0.25, 0.3) is 11.5 Å². The summed E-state index contributed by atoms with van der Waals surface area (Å²) < 4.78 is 1.41. The number of thioether (sulfide) groups is 1. The van der Waals surface area contributed by atoms with Gasteiger partial charge in [0, 0.05) is 25.5 Å². The molecule has 5 heteroatoms. The number of hydrogen-bond donors (Lipinski definition) is 1. The largest absolute Gasteiger partial charge is 0.352 e. The summed E-state index contributed by atoms with van der Waals surface area (Å²) in [6, 6.07) is 11.8. The number of aryl methyl sites for hydroxylation is 2. The first kappa shape index (κ1) is 17.3. The summed E-state index contributed by atoms with van der Waals surface area (Å²) in [5.74, 6) is 1.66. The number of hydrogen-bond acceptors (Lipinski definition) is 3. The van der Waals surface area contributed by atoms with Crippen LogP contribution in [0.5, 0.6) is 0 Å². The topological polar surface area (TPSA) is 51.1 Å². The molecule has 1 N–H and O–H groups in total. The molecule has 0 fully saturated rings. The van der Waals surface area contributed by atoms with Crippen LogP contribution in [0.2, 0.25) is 0 Å². The fourth-order valence-electron chi connectivity index (χ4n) is 2.23. The highest BCUT2D eigenvalue weighted by Gasteiger charge is 2.09. The van der Waals surface area contributed by atoms with Gasteiger partial charge in [-0.2, -0.15) is 11.8 Å². The summed E-state index contributed by atoms with van der Waals surface area (Å²) in [5.41, 5.74) is 2.54. The van der Waals surface area contributed by atoms with Gasteiger partial charge in [0.05, 0.1) is 0 Å². The molecule has 0 aliphatic rings. The van der Waals surface area contributed by atoms with Crippen LogP contribution in [0.3, 0.4) is 0 Å². The van der Waals surface area contributed by atoms with Crippen molar-refractivity contribution in [3.05, 3.63) is 69.6 Å². The molecule has 0 radical (unpaired) electrons. The smallest absolute Gasteiger partial charge is 0.263 e. The molecule has 0 aliphatic heterocycles. The van der Waals surface area contributed by atoms with Gasteiger partial charge >= 0.3 is 0 Å². The van der Waals surface area contributed by atoms with Crippen LogP contribution in [0.1, 0.15) is 27.9 Å². The van der Waals surface area contributed by atoms with E-state index in [0.29, 0.717) is 6.54 Å². The van der Waals surface area contributed by atoms with Crippen molar-refractivity contribution in [1.82, 2.24) is 9.88 Å². The Morgan fingerprint density at radius 2 is 2.09 bits per heavy atom. The lowest BCUT2D eigenvalue weighted by atomic mass is 10.2. The zero-order chi connectivity index (χ0) is 16.7. The Hall–Kier alpha value is -2.01. The Labute approximate surface area is 140 Å². The lowest BCUT2D eigenvalue weighted by Gasteiger charge is -2.06. The van der Waals surface area contributed by atoms with Crippen molar-refractivity contribution in [2.75, 3.05) is 12.3 Å². The molecule has 0 unspecified atom stereocenters. The third-order valence-electron chi connectivity index (χ3n) is 3.47. The number of amides is 1. The molecule has 1 heterocycles. The molecule has 0 aliphatic carbocycles. The van der Waals surface area contributed by atoms with E-state index in [2.05, 4.69) is 36.5 Å². The minimum Gasteiger partial charge on any atom is -0.352 e. The van der Waals surface area contributed by atoms with Crippen LogP contribution >= 0.6 is 11.8 Å². The SMILES string of the molecule is Cc1cccc(CSCCCNC(=O)c2cccn(C)c2=O)c1. The first-order chi connectivity index (χ1) is 11.1. The first-order valence-corrected chi connectivity index (χ1v) is 8.80. The van der Waals surface area contributed by atoms with Crippen molar-refractivity contribution in [2.45, 2.75) is 19.1 Å². The van der Waals surface area contributed by atoms with Crippen molar-refractivity contribution in [3.8, 4) is 0 Å². The summed E-state index contributed by atoms with van der Waals surface area (Å²) in [5, 5.41) is 2.81. The summed E-state index contributed by atoms with van der Waals surface area (Å²) in [6.45, 7) is 2.68. The molecule has 0 atom stereocenters. The Morgan fingerprint density at radius 1 is 1.26 bits per heavy atom. The summed E-state index contributed by atoms with van der Waals surface area (Å²) in [7, 11) is 1.64. The van der Waals surface area contributed by atoms with Gasteiger partial charge in [-0.1, -0.05) is 29.8 Å². The maximum absolute atomic E-state index is 12.0. The molecule has 0 saturated carbocycles. The van der Waals surface area contributed by atoms with E-state index in [9.17, 15) is 9.59 Å². The number of benzene rings is 1. The highest BCUT2D eigenvalue weighted by atomic mass is 32.2. The predicted octanol–water partition coefficient (Wildman–Crippen LogP) is 2.75. The molecule has 1 amide bonds. The third kappa shape index (κ3) is 5.28. The third-order valence-corrected chi connectivity index (χ3v) is 4.58. The zero-order valence-electron chi connectivity index (χ0n) is 13.5. The van der Waals surface area contributed by atoms with Crippen LogP contribution in [0, 0.1) is 6.92 Å². The van der Waals surface area contributed by atoms with E-state index in [-0.39, 0.29) is 17.0 Å². The number of carbonyl (C=O) groups is 1. The molecular formula is C18H22N2O2S. The summed E-state index contributed by atoms with van der Waals surface area (Å²) in [6.07, 6.45) is 2.52. The first-order valence-electron chi connectivity index (χ1n) is 7.65. The van der Waals surface area contributed by atoms with Crippen LogP contribution in [0.25, 0.3) is 0 Å². The summed E-state index contributed by atoms with van der Waals surface area (Å²) >= 11 is 1.85. The van der Waals surface area contributed by atoms with Crippen LogP contribution in [-0.4, -0.2) is 22.8 Å². The van der Waals surface area contributed by atoms with Gasteiger partial charge in [0.1, 0.15) is 5.56 Å². The molecule has 0 saturated heterocycles. The average molecular weight is 330 g/mol. The lowest BCUT2D eigenvalue weighted by molar-refractivity contribution is 0.0952. The molecule has 122 valence electrons. The van der Waals surface area contributed by atoms with Gasteiger partial charge in [0.15, 0.2) is 0 Å². The number of pyridine rings is 1. The van der Waals surface area contributed by atoms with Crippen molar-refractivity contribution in [1.29, 1.82) is 0 Å². The van der Waals surface area contributed by atoms with Crippen molar-refractivity contribution in [3.63, 3.8) is 0 Å². The minimum atomic E-state index is -0.296. The maximum Gasteiger partial charge on any atom is 0.263 e. The number of nitrogens with zero attached hydrogens (tertiary/aromatic N) is 1. The molecule has 2 aromatic rings. The predicted molar refractivity (Wildman–Crippen MR) is 96.0 cm³/mol. The maximum atomic E-state index is 12.0. The van der Waals surface area contributed by atoms with Crippen LogP contribution in [0.4, 0.5) is 0 Å². The van der Waals surface area contributed by atoms with Gasteiger partial charge in [0.2, 0.25) is 0 Å². The van der Waals surface area contributed by atoms with Gasteiger partial charge in [-0.15, -0.1) is 0 Å². The van der Waals surface area contributed by atoms with E-state index in [0.717, 1.165) is 17.9 Å². The van der Waals surface area contributed by atoms with Crippen LogP contribution < -0.4 is 10.9 Å². The average Bonchev–Trinajstić information content (AvgIpc) is 2.53. The number of nitrogens with one attached hydrogen (secondary N) is 1. The van der Waals surface area contributed by atoms with Gasteiger partial charge in [-0.25, -0.2) is 0 Å². The molecule has 4 nitrogen and oxygen atoms in total. The van der Waals surface area contributed by atoms with E-state index in [1.54, 1.807) is 25.4 Å². The van der Waals surface area contributed by atoms with E-state index >= 15 is 0 Å². The molecule has 1 aromatic heterocycles. The number of carbonyl (C=O) groups excluding carboxylic acids is 1. The van der Waals surface area contributed by atoms with Crippen molar-refractivity contribution in [2.24, 2.45) is 7.05 Å². The van der Waals surface area contributed by atoms with Crippen LogP contribution in [0.15, 0.2) is 47.4 Å². The summed E-state index contributed by atoms with van der Waals surface area (Å²) in [4.78, 5) is 23.8. The second-order valence-corrected chi connectivity index (χ2v) is 6.59. The molecule has 2 rings (SSSR count). The quantitative estimate of drug-likeness (QED) is 0.794. The van der Waals surface area contributed by atoms with Crippen molar-refractivity contribution < 1.29 is 4.79 Å². The van der Waals surface area contributed by atoms with Crippen LogP contribution in [-0.2, 0) is 12.8 Å². The van der Waals surface area contributed by atoms with E-state index < -0.39 is 0 Å². The Morgan fingerprint density at radius 3 is 2.87 bits per heavy atom. The lowest BCUT2D eigenvalue weighted by Crippen LogP contribution is -2.32. The second-order valence-electron chi connectivity index (χ2n) is 5.49. The Bertz CT molecular complexity index is 725. The van der Waals surface area contributed by atoms with E-state index in [1.807, 2.05) is 11.8 Å². The molecular weight excluding hydrogens is 308 g/mol. The Kier molecular flexibility index (Phi) is 6.47. The molecule has 0 spiro atoms. The minimum absolute atomic E-state index is 0.197.